The number of rotatable bonds is 5. The van der Waals surface area contributed by atoms with Gasteiger partial charge in [0.25, 0.3) is 10.0 Å². The van der Waals surface area contributed by atoms with Gasteiger partial charge < -0.3 is 4.74 Å². The summed E-state index contributed by atoms with van der Waals surface area (Å²) in [7, 11) is -3.75. The molecule has 128 valence electrons. The van der Waals surface area contributed by atoms with Gasteiger partial charge in [0.2, 0.25) is 0 Å². The van der Waals surface area contributed by atoms with E-state index in [-0.39, 0.29) is 27.8 Å². The maximum Gasteiger partial charge on any atom is 0.339 e. The summed E-state index contributed by atoms with van der Waals surface area (Å²) < 4.78 is 32.5. The van der Waals surface area contributed by atoms with E-state index < -0.39 is 16.0 Å². The van der Waals surface area contributed by atoms with E-state index in [1.54, 1.807) is 26.0 Å². The first-order valence-electron chi connectivity index (χ1n) is 7.31. The molecule has 0 amide bonds. The first-order valence-corrected chi connectivity index (χ1v) is 9.17. The third-order valence-corrected chi connectivity index (χ3v) is 5.19. The standard InChI is InChI=1S/C17H18ClNO4S/c1-4-23-17(20)14-8-7-13(10-15(14)18)19-24(21,22)16-9-11(2)5-6-12(16)3/h5-10,19H,4H2,1-3H3. The Morgan fingerprint density at radius 2 is 1.88 bits per heavy atom. The number of hydrogen-bond donors (Lipinski definition) is 1. The Morgan fingerprint density at radius 3 is 2.50 bits per heavy atom. The van der Waals surface area contributed by atoms with Crippen LogP contribution in [0.3, 0.4) is 0 Å². The van der Waals surface area contributed by atoms with Crippen LogP contribution in [0.5, 0.6) is 0 Å². The molecule has 0 fully saturated rings. The number of aryl methyl sites for hydroxylation is 2. The molecule has 0 aliphatic heterocycles. The number of carbonyl (C=O) groups excluding carboxylic acids is 1. The van der Waals surface area contributed by atoms with Crippen molar-refractivity contribution in [2.75, 3.05) is 11.3 Å². The number of sulfonamides is 1. The number of nitrogens with one attached hydrogen (secondary N) is 1. The Labute approximate surface area is 146 Å². The van der Waals surface area contributed by atoms with E-state index in [2.05, 4.69) is 4.72 Å². The van der Waals surface area contributed by atoms with Crippen molar-refractivity contribution < 1.29 is 17.9 Å². The van der Waals surface area contributed by atoms with Crippen LogP contribution < -0.4 is 4.72 Å². The van der Waals surface area contributed by atoms with Gasteiger partial charge in [-0.05, 0) is 56.2 Å². The monoisotopic (exact) mass is 367 g/mol. The average molecular weight is 368 g/mol. The minimum absolute atomic E-state index is 0.120. The fourth-order valence-electron chi connectivity index (χ4n) is 2.16. The van der Waals surface area contributed by atoms with Crippen molar-refractivity contribution in [2.24, 2.45) is 0 Å². The minimum atomic E-state index is -3.75. The van der Waals surface area contributed by atoms with E-state index in [4.69, 9.17) is 16.3 Å². The molecular formula is C17H18ClNO4S. The molecule has 7 heteroatoms. The van der Waals surface area contributed by atoms with E-state index in [9.17, 15) is 13.2 Å². The van der Waals surface area contributed by atoms with Gasteiger partial charge in [0, 0.05) is 0 Å². The highest BCUT2D eigenvalue weighted by atomic mass is 35.5. The van der Waals surface area contributed by atoms with Crippen molar-refractivity contribution in [2.45, 2.75) is 25.7 Å². The van der Waals surface area contributed by atoms with Crippen LogP contribution in [0.1, 0.15) is 28.4 Å². The van der Waals surface area contributed by atoms with Gasteiger partial charge in [-0.25, -0.2) is 13.2 Å². The third-order valence-electron chi connectivity index (χ3n) is 3.35. The molecule has 1 N–H and O–H groups in total. The summed E-state index contributed by atoms with van der Waals surface area (Å²) in [6.45, 7) is 5.48. The number of carbonyl (C=O) groups is 1. The molecule has 24 heavy (non-hydrogen) atoms. The number of benzene rings is 2. The quantitative estimate of drug-likeness (QED) is 0.812. The fourth-order valence-corrected chi connectivity index (χ4v) is 3.80. The normalized spacial score (nSPS) is 11.2. The molecule has 0 saturated heterocycles. The topological polar surface area (TPSA) is 72.5 Å². The summed E-state index contributed by atoms with van der Waals surface area (Å²) in [4.78, 5) is 11.9. The van der Waals surface area contributed by atoms with Crippen LogP contribution in [0.4, 0.5) is 5.69 Å². The van der Waals surface area contributed by atoms with Crippen LogP contribution in [0.25, 0.3) is 0 Å². The highest BCUT2D eigenvalue weighted by molar-refractivity contribution is 7.92. The number of anilines is 1. The van der Waals surface area contributed by atoms with E-state index in [1.165, 1.54) is 18.2 Å². The summed E-state index contributed by atoms with van der Waals surface area (Å²) >= 11 is 6.06. The van der Waals surface area contributed by atoms with Crippen LogP contribution in [0.2, 0.25) is 5.02 Å². The van der Waals surface area contributed by atoms with Crippen LogP contribution >= 0.6 is 11.6 Å². The molecule has 0 aliphatic carbocycles. The first-order chi connectivity index (χ1) is 11.2. The molecule has 5 nitrogen and oxygen atoms in total. The largest absolute Gasteiger partial charge is 0.462 e. The molecular weight excluding hydrogens is 350 g/mol. The molecule has 0 bridgehead atoms. The predicted octanol–water partition coefficient (Wildman–Crippen LogP) is 3.93. The molecule has 0 heterocycles. The average Bonchev–Trinajstić information content (AvgIpc) is 2.49. The van der Waals surface area contributed by atoms with E-state index >= 15 is 0 Å². The number of halogens is 1. The molecule has 0 atom stereocenters. The zero-order valence-electron chi connectivity index (χ0n) is 13.6. The molecule has 2 aromatic rings. The summed E-state index contributed by atoms with van der Waals surface area (Å²) in [5.74, 6) is -0.550. The van der Waals surface area contributed by atoms with E-state index in [1.807, 2.05) is 13.0 Å². The number of ether oxygens (including phenoxy) is 1. The second-order valence-electron chi connectivity index (χ2n) is 5.29. The van der Waals surface area contributed by atoms with Crippen molar-refractivity contribution in [1.29, 1.82) is 0 Å². The minimum Gasteiger partial charge on any atom is -0.462 e. The number of esters is 1. The summed E-state index contributed by atoms with van der Waals surface area (Å²) in [5.41, 5.74) is 1.95. The Bertz CT molecular complexity index is 878. The molecule has 0 radical (unpaired) electrons. The SMILES string of the molecule is CCOC(=O)c1ccc(NS(=O)(=O)c2cc(C)ccc2C)cc1Cl. The Kier molecular flexibility index (Phi) is 5.51. The molecule has 0 spiro atoms. The van der Waals surface area contributed by atoms with Crippen molar-refractivity contribution in [1.82, 2.24) is 0 Å². The van der Waals surface area contributed by atoms with Gasteiger partial charge in [-0.2, -0.15) is 0 Å². The van der Waals surface area contributed by atoms with Crippen LogP contribution in [0, 0.1) is 13.8 Å². The van der Waals surface area contributed by atoms with Crippen LogP contribution in [-0.4, -0.2) is 21.0 Å². The highest BCUT2D eigenvalue weighted by Crippen LogP contribution is 2.25. The van der Waals surface area contributed by atoms with Gasteiger partial charge in [0.05, 0.1) is 27.8 Å². The lowest BCUT2D eigenvalue weighted by atomic mass is 10.2. The van der Waals surface area contributed by atoms with E-state index in [0.717, 1.165) is 5.56 Å². The molecule has 2 rings (SSSR count). The summed E-state index contributed by atoms with van der Waals surface area (Å²) in [6.07, 6.45) is 0. The zero-order valence-corrected chi connectivity index (χ0v) is 15.2. The zero-order chi connectivity index (χ0) is 17.9. The molecule has 0 unspecified atom stereocenters. The van der Waals surface area contributed by atoms with Crippen molar-refractivity contribution in [3.05, 3.63) is 58.1 Å². The van der Waals surface area contributed by atoms with Gasteiger partial charge >= 0.3 is 5.97 Å². The van der Waals surface area contributed by atoms with Crippen LogP contribution in [0.15, 0.2) is 41.3 Å². The lowest BCUT2D eigenvalue weighted by Gasteiger charge is -2.12. The second kappa shape index (κ2) is 7.23. The first kappa shape index (κ1) is 18.3. The number of hydrogen-bond acceptors (Lipinski definition) is 4. The van der Waals surface area contributed by atoms with Gasteiger partial charge in [-0.15, -0.1) is 0 Å². The lowest BCUT2D eigenvalue weighted by molar-refractivity contribution is 0.0526. The predicted molar refractivity (Wildman–Crippen MR) is 94.1 cm³/mol. The third kappa shape index (κ3) is 4.07. The summed E-state index contributed by atoms with van der Waals surface area (Å²) in [5, 5.41) is 0.120. The molecule has 0 saturated carbocycles. The lowest BCUT2D eigenvalue weighted by Crippen LogP contribution is -2.15. The molecule has 0 aromatic heterocycles. The molecule has 0 aliphatic rings. The fraction of sp³-hybridized carbons (Fsp3) is 0.235. The summed E-state index contributed by atoms with van der Waals surface area (Å²) in [6, 6.07) is 9.49. The smallest absolute Gasteiger partial charge is 0.339 e. The van der Waals surface area contributed by atoms with Gasteiger partial charge in [0.15, 0.2) is 0 Å². The second-order valence-corrected chi connectivity index (χ2v) is 7.35. The van der Waals surface area contributed by atoms with Gasteiger partial charge in [0.1, 0.15) is 0 Å². The Balaban J connectivity index is 2.32. The van der Waals surface area contributed by atoms with Crippen molar-refractivity contribution >= 4 is 33.3 Å². The van der Waals surface area contributed by atoms with Crippen molar-refractivity contribution in [3.8, 4) is 0 Å². The van der Waals surface area contributed by atoms with Gasteiger partial charge in [-0.1, -0.05) is 23.7 Å². The highest BCUT2D eigenvalue weighted by Gasteiger charge is 2.18. The van der Waals surface area contributed by atoms with Crippen LogP contribution in [-0.2, 0) is 14.8 Å². The van der Waals surface area contributed by atoms with E-state index in [0.29, 0.717) is 5.56 Å². The Morgan fingerprint density at radius 1 is 1.17 bits per heavy atom. The Hall–Kier alpha value is -2.05. The van der Waals surface area contributed by atoms with Crippen molar-refractivity contribution in [3.63, 3.8) is 0 Å². The maximum absolute atomic E-state index is 12.6. The molecule has 2 aromatic carbocycles. The van der Waals surface area contributed by atoms with Gasteiger partial charge in [-0.3, -0.25) is 4.72 Å². The maximum atomic E-state index is 12.6.